The van der Waals surface area contributed by atoms with Crippen molar-refractivity contribution in [3.8, 4) is 0 Å². The lowest BCUT2D eigenvalue weighted by atomic mass is 9.81. The van der Waals surface area contributed by atoms with Gasteiger partial charge in [0.2, 0.25) is 23.6 Å². The Morgan fingerprint density at radius 2 is 1.81 bits per heavy atom. The summed E-state index contributed by atoms with van der Waals surface area (Å²) < 4.78 is 0. The monoisotopic (exact) mass is 426 g/mol. The van der Waals surface area contributed by atoms with Crippen molar-refractivity contribution in [3.63, 3.8) is 0 Å². The molecule has 1 aromatic rings. The van der Waals surface area contributed by atoms with Crippen molar-refractivity contribution in [2.45, 2.75) is 51.9 Å². The number of imide groups is 1. The molecule has 4 amide bonds. The molecule has 1 aromatic heterocycles. The second-order valence-corrected chi connectivity index (χ2v) is 8.91. The fraction of sp³-hybridized carbons (Fsp3) is 0.609. The molecule has 4 rings (SSSR count). The maximum atomic E-state index is 12.8. The first kappa shape index (κ1) is 21.5. The number of pyridine rings is 1. The van der Waals surface area contributed by atoms with Crippen LogP contribution >= 0.6 is 0 Å². The van der Waals surface area contributed by atoms with Gasteiger partial charge in [0.25, 0.3) is 0 Å². The molecule has 1 N–H and O–H groups in total. The number of hydrogen-bond donors (Lipinski definition) is 1. The number of nitrogens with one attached hydrogen (secondary N) is 1. The molecule has 166 valence electrons. The maximum absolute atomic E-state index is 12.8. The second-order valence-electron chi connectivity index (χ2n) is 8.91. The van der Waals surface area contributed by atoms with Crippen molar-refractivity contribution in [1.82, 2.24) is 14.8 Å². The largest absolute Gasteiger partial charge is 0.342 e. The van der Waals surface area contributed by atoms with E-state index in [9.17, 15) is 19.2 Å². The Bertz CT molecular complexity index is 862. The van der Waals surface area contributed by atoms with Gasteiger partial charge in [0.1, 0.15) is 5.82 Å². The predicted octanol–water partition coefficient (Wildman–Crippen LogP) is 2.13. The third-order valence-electron chi connectivity index (χ3n) is 6.88. The van der Waals surface area contributed by atoms with Crippen molar-refractivity contribution in [2.24, 2.45) is 17.8 Å². The predicted molar refractivity (Wildman–Crippen MR) is 114 cm³/mol. The fourth-order valence-electron chi connectivity index (χ4n) is 5.07. The minimum absolute atomic E-state index is 0.107. The number of aromatic nitrogens is 1. The summed E-state index contributed by atoms with van der Waals surface area (Å²) in [6, 6.07) is 3.70. The van der Waals surface area contributed by atoms with Crippen LogP contribution in [0.4, 0.5) is 5.82 Å². The first-order chi connectivity index (χ1) is 15.0. The van der Waals surface area contributed by atoms with E-state index in [0.29, 0.717) is 25.3 Å². The normalized spacial score (nSPS) is 26.0. The van der Waals surface area contributed by atoms with Crippen LogP contribution in [0.3, 0.4) is 0 Å². The number of hydrogen-bond acceptors (Lipinski definition) is 5. The molecule has 3 atom stereocenters. The van der Waals surface area contributed by atoms with E-state index in [1.165, 1.54) is 4.90 Å². The molecule has 1 aliphatic carbocycles. The molecular weight excluding hydrogens is 396 g/mol. The van der Waals surface area contributed by atoms with Gasteiger partial charge in [0, 0.05) is 32.3 Å². The summed E-state index contributed by atoms with van der Waals surface area (Å²) in [5, 5.41) is 2.87. The molecule has 0 bridgehead atoms. The van der Waals surface area contributed by atoms with Gasteiger partial charge in [-0.2, -0.15) is 0 Å². The molecule has 3 unspecified atom stereocenters. The molecule has 0 radical (unpaired) electrons. The molecule has 3 aliphatic rings. The Hall–Kier alpha value is -2.77. The lowest BCUT2D eigenvalue weighted by Gasteiger charge is -2.32. The summed E-state index contributed by atoms with van der Waals surface area (Å²) in [4.78, 5) is 57.9. The number of fused-ring (bicyclic) bond motifs is 1. The van der Waals surface area contributed by atoms with Crippen LogP contribution in [0.5, 0.6) is 0 Å². The van der Waals surface area contributed by atoms with Crippen molar-refractivity contribution < 1.29 is 19.2 Å². The number of nitrogens with zero attached hydrogens (tertiary/aromatic N) is 3. The minimum Gasteiger partial charge on any atom is -0.342 e. The molecule has 2 aliphatic heterocycles. The molecule has 2 saturated heterocycles. The number of likely N-dealkylation sites (tertiary alicyclic amines) is 2. The first-order valence-corrected chi connectivity index (χ1v) is 11.3. The van der Waals surface area contributed by atoms with Gasteiger partial charge in [-0.1, -0.05) is 18.9 Å². The average Bonchev–Trinajstić information content (AvgIpc) is 3.03. The number of anilines is 1. The Labute approximate surface area is 182 Å². The van der Waals surface area contributed by atoms with Crippen LogP contribution in [-0.4, -0.2) is 58.0 Å². The smallest absolute Gasteiger partial charge is 0.233 e. The fourth-order valence-corrected chi connectivity index (χ4v) is 5.07. The third-order valence-corrected chi connectivity index (χ3v) is 6.88. The van der Waals surface area contributed by atoms with Crippen molar-refractivity contribution in [3.05, 3.63) is 23.9 Å². The topological polar surface area (TPSA) is 99.7 Å². The average molecular weight is 427 g/mol. The van der Waals surface area contributed by atoms with Gasteiger partial charge in [-0.05, 0) is 44.2 Å². The molecule has 31 heavy (non-hydrogen) atoms. The number of rotatable bonds is 5. The molecule has 8 heteroatoms. The molecule has 3 heterocycles. The van der Waals surface area contributed by atoms with Crippen LogP contribution in [0.25, 0.3) is 0 Å². The number of piperidine rings is 1. The van der Waals surface area contributed by atoms with Gasteiger partial charge >= 0.3 is 0 Å². The lowest BCUT2D eigenvalue weighted by Crippen LogP contribution is -2.45. The standard InChI is InChI=1S/C23H30N4O4/c1-15-6-4-11-24-20(15)25-21(29)16-7-5-12-26(14-16)19(28)10-13-27-22(30)17-8-2-3-9-18(17)23(27)31/h4,6,11,16-18H,2-3,5,7-10,12-14H2,1H3,(H,24,25,29). The van der Waals surface area contributed by atoms with Crippen LogP contribution in [0.2, 0.25) is 0 Å². The summed E-state index contributed by atoms with van der Waals surface area (Å²) in [7, 11) is 0. The zero-order chi connectivity index (χ0) is 22.0. The van der Waals surface area contributed by atoms with E-state index in [1.807, 2.05) is 19.1 Å². The van der Waals surface area contributed by atoms with Gasteiger partial charge < -0.3 is 10.2 Å². The zero-order valence-corrected chi connectivity index (χ0v) is 18.0. The molecular formula is C23H30N4O4. The SMILES string of the molecule is Cc1cccnc1NC(=O)C1CCCN(C(=O)CCN2C(=O)C3CCCCC3C2=O)C1. The Morgan fingerprint density at radius 1 is 1.10 bits per heavy atom. The van der Waals surface area contributed by atoms with Crippen LogP contribution in [0.1, 0.15) is 50.5 Å². The van der Waals surface area contributed by atoms with E-state index in [1.54, 1.807) is 11.1 Å². The van der Waals surface area contributed by atoms with Crippen LogP contribution < -0.4 is 5.32 Å². The highest BCUT2D eigenvalue weighted by atomic mass is 16.2. The summed E-state index contributed by atoms with van der Waals surface area (Å²) in [5.41, 5.74) is 0.889. The highest BCUT2D eigenvalue weighted by molar-refractivity contribution is 6.05. The van der Waals surface area contributed by atoms with E-state index < -0.39 is 0 Å². The van der Waals surface area contributed by atoms with Crippen LogP contribution in [0, 0.1) is 24.7 Å². The Morgan fingerprint density at radius 3 is 2.48 bits per heavy atom. The van der Waals surface area contributed by atoms with Gasteiger partial charge in [0.05, 0.1) is 17.8 Å². The number of amides is 4. The van der Waals surface area contributed by atoms with E-state index in [2.05, 4.69) is 10.3 Å². The zero-order valence-electron chi connectivity index (χ0n) is 18.0. The van der Waals surface area contributed by atoms with E-state index >= 15 is 0 Å². The number of carbonyl (C=O) groups is 4. The minimum atomic E-state index is -0.294. The van der Waals surface area contributed by atoms with Crippen LogP contribution in [0.15, 0.2) is 18.3 Å². The summed E-state index contributed by atoms with van der Waals surface area (Å²) in [6.07, 6.45) is 6.74. The Kier molecular flexibility index (Phi) is 6.34. The molecule has 0 spiro atoms. The summed E-state index contributed by atoms with van der Waals surface area (Å²) in [5.74, 6) is -0.576. The van der Waals surface area contributed by atoms with E-state index in [0.717, 1.165) is 37.7 Å². The highest BCUT2D eigenvalue weighted by Crippen LogP contribution is 2.38. The third kappa shape index (κ3) is 4.48. The van der Waals surface area contributed by atoms with E-state index in [-0.39, 0.29) is 54.3 Å². The molecule has 1 saturated carbocycles. The van der Waals surface area contributed by atoms with Crippen molar-refractivity contribution >= 4 is 29.4 Å². The Balaban J connectivity index is 1.31. The van der Waals surface area contributed by atoms with Gasteiger partial charge in [0.15, 0.2) is 0 Å². The van der Waals surface area contributed by atoms with E-state index in [4.69, 9.17) is 0 Å². The maximum Gasteiger partial charge on any atom is 0.233 e. The van der Waals surface area contributed by atoms with Crippen molar-refractivity contribution in [2.75, 3.05) is 25.0 Å². The highest BCUT2D eigenvalue weighted by Gasteiger charge is 2.48. The quantitative estimate of drug-likeness (QED) is 0.727. The lowest BCUT2D eigenvalue weighted by molar-refractivity contribution is -0.141. The summed E-state index contributed by atoms with van der Waals surface area (Å²) >= 11 is 0. The number of aryl methyl sites for hydroxylation is 1. The van der Waals surface area contributed by atoms with Gasteiger partial charge in [-0.25, -0.2) is 4.98 Å². The van der Waals surface area contributed by atoms with Gasteiger partial charge in [-0.3, -0.25) is 24.1 Å². The first-order valence-electron chi connectivity index (χ1n) is 11.3. The van der Waals surface area contributed by atoms with Gasteiger partial charge in [-0.15, -0.1) is 0 Å². The molecule has 0 aromatic carbocycles. The second kappa shape index (κ2) is 9.16. The van der Waals surface area contributed by atoms with Crippen molar-refractivity contribution in [1.29, 1.82) is 0 Å². The molecule has 8 nitrogen and oxygen atoms in total. The van der Waals surface area contributed by atoms with Crippen LogP contribution in [-0.2, 0) is 19.2 Å². The summed E-state index contributed by atoms with van der Waals surface area (Å²) in [6.45, 7) is 2.97. The number of carbonyl (C=O) groups excluding carboxylic acids is 4. The molecule has 3 fully saturated rings.